The summed E-state index contributed by atoms with van der Waals surface area (Å²) in [4.78, 5) is 26.2. The number of sulfonamides is 1. The molecule has 2 aromatic carbocycles. The number of carbonyl (C=O) groups is 2. The Bertz CT molecular complexity index is 1170. The Hall–Kier alpha value is -3.08. The van der Waals surface area contributed by atoms with Crippen molar-refractivity contribution in [3.05, 3.63) is 53.1 Å². The van der Waals surface area contributed by atoms with Gasteiger partial charge >= 0.3 is 6.18 Å². The third-order valence-corrected chi connectivity index (χ3v) is 6.75. The number of carbonyl (C=O) groups excluding carboxylic acids is 2. The molecule has 0 atom stereocenters. The fraction of sp³-hybridized carbons (Fsp3) is 0.300. The van der Waals surface area contributed by atoms with E-state index < -0.39 is 45.3 Å². The molecular weight excluding hydrogens is 435 g/mol. The lowest BCUT2D eigenvalue weighted by Gasteiger charge is -2.19. The molecule has 0 saturated heterocycles. The highest BCUT2D eigenvalue weighted by Crippen LogP contribution is 2.38. The van der Waals surface area contributed by atoms with Crippen molar-refractivity contribution < 1.29 is 31.2 Å². The van der Waals surface area contributed by atoms with E-state index in [1.54, 1.807) is 14.1 Å². The Kier molecular flexibility index (Phi) is 5.51. The third-order valence-electron chi connectivity index (χ3n) is 4.75. The van der Waals surface area contributed by atoms with Gasteiger partial charge in [-0.05, 0) is 50.2 Å². The Morgan fingerprint density at radius 1 is 1.10 bits per heavy atom. The van der Waals surface area contributed by atoms with E-state index in [0.717, 1.165) is 18.2 Å². The number of nitrogens with one attached hydrogen (secondary N) is 1. The molecule has 1 aliphatic heterocycles. The Labute approximate surface area is 177 Å². The van der Waals surface area contributed by atoms with Crippen molar-refractivity contribution in [1.29, 1.82) is 0 Å². The highest BCUT2D eigenvalue weighted by molar-refractivity contribution is 7.90. The van der Waals surface area contributed by atoms with Gasteiger partial charge in [-0.2, -0.15) is 13.2 Å². The molecule has 1 heterocycles. The Balaban J connectivity index is 1.99. The number of halogens is 3. The summed E-state index contributed by atoms with van der Waals surface area (Å²) in [5.41, 5.74) is -1.49. The number of hydrogen-bond donors (Lipinski definition) is 1. The number of alkyl halides is 3. The zero-order chi connectivity index (χ0) is 23.3. The van der Waals surface area contributed by atoms with Gasteiger partial charge in [-0.1, -0.05) is 0 Å². The smallest absolute Gasteiger partial charge is 0.378 e. The molecule has 2 aromatic rings. The predicted molar refractivity (Wildman–Crippen MR) is 109 cm³/mol. The number of hydrogen-bond acceptors (Lipinski definition) is 5. The lowest BCUT2D eigenvalue weighted by Crippen LogP contribution is -2.36. The van der Waals surface area contributed by atoms with Crippen molar-refractivity contribution in [2.45, 2.75) is 31.0 Å². The van der Waals surface area contributed by atoms with Gasteiger partial charge in [0.2, 0.25) is 0 Å². The molecule has 0 saturated carbocycles. The molecule has 0 radical (unpaired) electrons. The van der Waals surface area contributed by atoms with Gasteiger partial charge in [-0.15, -0.1) is 0 Å². The van der Waals surface area contributed by atoms with Crippen LogP contribution in [0.1, 0.15) is 40.1 Å². The number of benzene rings is 2. The Morgan fingerprint density at radius 2 is 1.74 bits per heavy atom. The molecule has 166 valence electrons. The summed E-state index contributed by atoms with van der Waals surface area (Å²) in [5, 5.41) is 2.19. The van der Waals surface area contributed by atoms with Gasteiger partial charge in [0.15, 0.2) is 0 Å². The van der Waals surface area contributed by atoms with Crippen molar-refractivity contribution >= 4 is 33.2 Å². The lowest BCUT2D eigenvalue weighted by molar-refractivity contribution is -0.136. The lowest BCUT2D eigenvalue weighted by atomic mass is 10.1. The van der Waals surface area contributed by atoms with Gasteiger partial charge in [-0.25, -0.2) is 12.7 Å². The second kappa shape index (κ2) is 7.56. The van der Waals surface area contributed by atoms with Crippen LogP contribution in [0.3, 0.4) is 0 Å². The van der Waals surface area contributed by atoms with Crippen molar-refractivity contribution in [1.82, 2.24) is 4.31 Å². The van der Waals surface area contributed by atoms with Gasteiger partial charge in [0.25, 0.3) is 21.8 Å². The van der Waals surface area contributed by atoms with Crippen LogP contribution < -0.4 is 10.2 Å². The summed E-state index contributed by atoms with van der Waals surface area (Å²) in [7, 11) is -0.984. The van der Waals surface area contributed by atoms with E-state index in [9.17, 15) is 31.2 Å². The van der Waals surface area contributed by atoms with E-state index >= 15 is 0 Å². The number of rotatable bonds is 4. The molecule has 3 rings (SSSR count). The van der Waals surface area contributed by atoms with Crippen LogP contribution in [0.2, 0.25) is 0 Å². The largest absolute Gasteiger partial charge is 0.418 e. The number of amides is 2. The van der Waals surface area contributed by atoms with E-state index in [1.807, 2.05) is 0 Å². The fourth-order valence-electron chi connectivity index (χ4n) is 3.25. The molecule has 1 aliphatic rings. The standard InChI is InChI=1S/C20H20F3N3O4S/c1-11(2)26-19(28)14-7-5-12(9-17(14)31(26,29)30)18(27)24-16-8-6-13(25(3)4)10-15(16)20(21,22)23/h5-11H,1-4H3,(H,24,27). The average molecular weight is 455 g/mol. The van der Waals surface area contributed by atoms with E-state index in [4.69, 9.17) is 0 Å². The summed E-state index contributed by atoms with van der Waals surface area (Å²) in [6.07, 6.45) is -4.72. The van der Waals surface area contributed by atoms with Gasteiger partial charge in [0, 0.05) is 31.4 Å². The topological polar surface area (TPSA) is 86.8 Å². The first-order valence-electron chi connectivity index (χ1n) is 9.18. The molecule has 0 aromatic heterocycles. The van der Waals surface area contributed by atoms with Crippen molar-refractivity contribution in [2.24, 2.45) is 0 Å². The summed E-state index contributed by atoms with van der Waals surface area (Å²) < 4.78 is 66.5. The van der Waals surface area contributed by atoms with Crippen molar-refractivity contribution in [2.75, 3.05) is 24.3 Å². The highest BCUT2D eigenvalue weighted by Gasteiger charge is 2.43. The van der Waals surface area contributed by atoms with Crippen LogP contribution >= 0.6 is 0 Å². The van der Waals surface area contributed by atoms with Crippen LogP contribution in [0.25, 0.3) is 0 Å². The van der Waals surface area contributed by atoms with Crippen LogP contribution in [0.4, 0.5) is 24.5 Å². The van der Waals surface area contributed by atoms with Gasteiger partial charge < -0.3 is 10.2 Å². The minimum atomic E-state index is -4.72. The first-order valence-corrected chi connectivity index (χ1v) is 10.6. The maximum atomic E-state index is 13.5. The molecule has 0 aliphatic carbocycles. The van der Waals surface area contributed by atoms with Crippen LogP contribution in [-0.2, 0) is 16.2 Å². The molecule has 7 nitrogen and oxygen atoms in total. The quantitative estimate of drug-likeness (QED) is 0.762. The van der Waals surface area contributed by atoms with Crippen LogP contribution in [0.15, 0.2) is 41.3 Å². The van der Waals surface area contributed by atoms with Crippen LogP contribution in [0.5, 0.6) is 0 Å². The second-order valence-corrected chi connectivity index (χ2v) is 9.27. The maximum Gasteiger partial charge on any atom is 0.418 e. The summed E-state index contributed by atoms with van der Waals surface area (Å²) in [6.45, 7) is 3.07. The third kappa shape index (κ3) is 3.97. The monoisotopic (exact) mass is 455 g/mol. The molecule has 0 spiro atoms. The second-order valence-electron chi connectivity index (χ2n) is 7.49. The van der Waals surface area contributed by atoms with Crippen molar-refractivity contribution in [3.8, 4) is 0 Å². The molecule has 1 N–H and O–H groups in total. The van der Waals surface area contributed by atoms with Crippen LogP contribution in [-0.4, -0.2) is 44.7 Å². The molecule has 11 heteroatoms. The summed E-state index contributed by atoms with van der Waals surface area (Å²) >= 11 is 0. The van der Waals surface area contributed by atoms with Gasteiger partial charge in [-0.3, -0.25) is 9.59 Å². The zero-order valence-electron chi connectivity index (χ0n) is 17.1. The van der Waals surface area contributed by atoms with Gasteiger partial charge in [0.1, 0.15) is 4.90 Å². The maximum absolute atomic E-state index is 13.5. The van der Waals surface area contributed by atoms with Crippen LogP contribution in [0, 0.1) is 0 Å². The molecule has 0 fully saturated rings. The molecule has 0 unspecified atom stereocenters. The highest BCUT2D eigenvalue weighted by atomic mass is 32.2. The SMILES string of the molecule is CC(C)N1C(=O)c2ccc(C(=O)Nc3ccc(N(C)C)cc3C(F)(F)F)cc2S1(=O)=O. The van der Waals surface area contributed by atoms with Crippen molar-refractivity contribution in [3.63, 3.8) is 0 Å². The fourth-order valence-corrected chi connectivity index (χ4v) is 5.04. The molecular formula is C20H20F3N3O4S. The summed E-state index contributed by atoms with van der Waals surface area (Å²) in [6, 6.07) is 6.20. The van der Waals surface area contributed by atoms with E-state index in [2.05, 4.69) is 5.32 Å². The minimum Gasteiger partial charge on any atom is -0.378 e. The first-order chi connectivity index (χ1) is 14.2. The van der Waals surface area contributed by atoms with Gasteiger partial charge in [0.05, 0.1) is 16.8 Å². The summed E-state index contributed by atoms with van der Waals surface area (Å²) in [5.74, 6) is -1.65. The molecule has 0 bridgehead atoms. The zero-order valence-corrected chi connectivity index (χ0v) is 17.9. The number of fused-ring (bicyclic) bond motifs is 1. The number of nitrogens with zero attached hydrogens (tertiary/aromatic N) is 2. The molecule has 31 heavy (non-hydrogen) atoms. The minimum absolute atomic E-state index is 0.0865. The number of anilines is 2. The van der Waals surface area contributed by atoms with E-state index in [0.29, 0.717) is 9.99 Å². The first kappa shape index (κ1) is 22.6. The predicted octanol–water partition coefficient (Wildman–Crippen LogP) is 3.58. The average Bonchev–Trinajstić information content (AvgIpc) is 2.86. The Morgan fingerprint density at radius 3 is 2.29 bits per heavy atom. The normalized spacial score (nSPS) is 15.2. The molecule has 2 amide bonds. The van der Waals surface area contributed by atoms with E-state index in [1.165, 1.54) is 36.9 Å². The van der Waals surface area contributed by atoms with E-state index in [-0.39, 0.29) is 16.0 Å².